The van der Waals surface area contributed by atoms with Gasteiger partial charge in [0.25, 0.3) is 0 Å². The molecule has 0 N–H and O–H groups in total. The Labute approximate surface area is 150 Å². The molecule has 1 heterocycles. The monoisotopic (exact) mass is 347 g/mol. The quantitative estimate of drug-likeness (QED) is 0.779. The molecule has 138 valence electrons. The molecule has 0 aromatic heterocycles. The molecule has 1 aromatic carbocycles. The molecule has 0 bridgehead atoms. The van der Waals surface area contributed by atoms with Crippen molar-refractivity contribution in [3.63, 3.8) is 0 Å². The SMILES string of the molecule is CCOC(=O)[C@@H]1C[C@H](Cc2ccc(C)cc2)CN1C(=O)OC(C)(C)C. The van der Waals surface area contributed by atoms with Gasteiger partial charge in [0.05, 0.1) is 6.61 Å². The first-order chi connectivity index (χ1) is 11.7. The molecule has 2 atom stereocenters. The van der Waals surface area contributed by atoms with Crippen molar-refractivity contribution in [3.05, 3.63) is 35.4 Å². The van der Waals surface area contributed by atoms with E-state index in [1.165, 1.54) is 16.0 Å². The predicted molar refractivity (Wildman–Crippen MR) is 96.4 cm³/mol. The number of benzene rings is 1. The van der Waals surface area contributed by atoms with Gasteiger partial charge in [-0.1, -0.05) is 29.8 Å². The second-order valence-electron chi connectivity index (χ2n) is 7.69. The Morgan fingerprint density at radius 1 is 1.20 bits per heavy atom. The van der Waals surface area contributed by atoms with Gasteiger partial charge in [-0.3, -0.25) is 4.90 Å². The number of likely N-dealkylation sites (tertiary alicyclic amines) is 1. The summed E-state index contributed by atoms with van der Waals surface area (Å²) in [7, 11) is 0. The third-order valence-corrected chi connectivity index (χ3v) is 4.22. The van der Waals surface area contributed by atoms with Crippen LogP contribution < -0.4 is 0 Å². The Morgan fingerprint density at radius 2 is 1.84 bits per heavy atom. The van der Waals surface area contributed by atoms with Gasteiger partial charge in [-0.05, 0) is 58.9 Å². The summed E-state index contributed by atoms with van der Waals surface area (Å²) in [6, 6.07) is 7.80. The fourth-order valence-corrected chi connectivity index (χ4v) is 3.11. The highest BCUT2D eigenvalue weighted by Gasteiger charge is 2.42. The fourth-order valence-electron chi connectivity index (χ4n) is 3.11. The molecule has 1 aliphatic rings. The molecule has 0 spiro atoms. The van der Waals surface area contributed by atoms with Crippen molar-refractivity contribution in [1.29, 1.82) is 0 Å². The summed E-state index contributed by atoms with van der Waals surface area (Å²) >= 11 is 0. The lowest BCUT2D eigenvalue weighted by Gasteiger charge is -2.27. The largest absolute Gasteiger partial charge is 0.464 e. The van der Waals surface area contributed by atoms with Crippen LogP contribution in [0, 0.1) is 12.8 Å². The maximum absolute atomic E-state index is 12.5. The van der Waals surface area contributed by atoms with Gasteiger partial charge in [0.2, 0.25) is 0 Å². The predicted octanol–water partition coefficient (Wildman–Crippen LogP) is 3.73. The molecule has 0 aliphatic carbocycles. The Balaban J connectivity index is 2.10. The van der Waals surface area contributed by atoms with E-state index in [4.69, 9.17) is 9.47 Å². The van der Waals surface area contributed by atoms with Crippen molar-refractivity contribution in [2.45, 2.75) is 59.1 Å². The van der Waals surface area contributed by atoms with Crippen LogP contribution in [0.5, 0.6) is 0 Å². The van der Waals surface area contributed by atoms with Crippen LogP contribution in [0.15, 0.2) is 24.3 Å². The van der Waals surface area contributed by atoms with Gasteiger partial charge in [-0.25, -0.2) is 9.59 Å². The number of nitrogens with zero attached hydrogens (tertiary/aromatic N) is 1. The highest BCUT2D eigenvalue weighted by atomic mass is 16.6. The normalized spacial score (nSPS) is 20.4. The van der Waals surface area contributed by atoms with Gasteiger partial charge in [0, 0.05) is 6.54 Å². The van der Waals surface area contributed by atoms with Crippen LogP contribution in [0.3, 0.4) is 0 Å². The van der Waals surface area contributed by atoms with Crippen molar-refractivity contribution in [3.8, 4) is 0 Å². The Bertz CT molecular complexity index is 603. The molecule has 5 heteroatoms. The molecular formula is C20H29NO4. The number of carbonyl (C=O) groups is 2. The summed E-state index contributed by atoms with van der Waals surface area (Å²) in [5, 5.41) is 0. The van der Waals surface area contributed by atoms with Crippen LogP contribution in [-0.4, -0.2) is 41.8 Å². The van der Waals surface area contributed by atoms with Crippen molar-refractivity contribution < 1.29 is 19.1 Å². The number of ether oxygens (including phenoxy) is 2. The third-order valence-electron chi connectivity index (χ3n) is 4.22. The number of aryl methyl sites for hydroxylation is 1. The first-order valence-corrected chi connectivity index (χ1v) is 8.91. The van der Waals surface area contributed by atoms with E-state index in [0.717, 1.165) is 6.42 Å². The Kier molecular flexibility index (Phi) is 6.09. The first kappa shape index (κ1) is 19.3. The highest BCUT2D eigenvalue weighted by Crippen LogP contribution is 2.29. The average molecular weight is 347 g/mol. The van der Waals surface area contributed by atoms with E-state index in [1.807, 2.05) is 20.8 Å². The van der Waals surface area contributed by atoms with Crippen LogP contribution >= 0.6 is 0 Å². The van der Waals surface area contributed by atoms with Crippen LogP contribution in [0.2, 0.25) is 0 Å². The minimum atomic E-state index is -0.592. The third kappa shape index (κ3) is 5.48. The van der Waals surface area contributed by atoms with Crippen LogP contribution in [0.4, 0.5) is 4.79 Å². The van der Waals surface area contributed by atoms with Crippen LogP contribution in [0.25, 0.3) is 0 Å². The van der Waals surface area contributed by atoms with E-state index in [0.29, 0.717) is 19.6 Å². The topological polar surface area (TPSA) is 55.8 Å². The molecule has 25 heavy (non-hydrogen) atoms. The zero-order valence-electron chi connectivity index (χ0n) is 15.9. The highest BCUT2D eigenvalue weighted by molar-refractivity contribution is 5.82. The lowest BCUT2D eigenvalue weighted by molar-refractivity contribution is -0.148. The maximum Gasteiger partial charge on any atom is 0.411 e. The average Bonchev–Trinajstić information content (AvgIpc) is 2.92. The second kappa shape index (κ2) is 7.89. The minimum Gasteiger partial charge on any atom is -0.464 e. The fraction of sp³-hybridized carbons (Fsp3) is 0.600. The molecular weight excluding hydrogens is 318 g/mol. The van der Waals surface area contributed by atoms with Crippen molar-refractivity contribution >= 4 is 12.1 Å². The van der Waals surface area contributed by atoms with E-state index < -0.39 is 17.7 Å². The van der Waals surface area contributed by atoms with E-state index in [-0.39, 0.29) is 11.9 Å². The van der Waals surface area contributed by atoms with E-state index in [1.54, 1.807) is 6.92 Å². The van der Waals surface area contributed by atoms with Crippen molar-refractivity contribution in [1.82, 2.24) is 4.90 Å². The molecule has 2 rings (SSSR count). The zero-order valence-corrected chi connectivity index (χ0v) is 15.9. The molecule has 1 aliphatic heterocycles. The first-order valence-electron chi connectivity index (χ1n) is 8.91. The van der Waals surface area contributed by atoms with Crippen LogP contribution in [-0.2, 0) is 20.7 Å². The summed E-state index contributed by atoms with van der Waals surface area (Å²) in [5.74, 6) is -0.135. The van der Waals surface area contributed by atoms with Gasteiger partial charge < -0.3 is 9.47 Å². The van der Waals surface area contributed by atoms with E-state index >= 15 is 0 Å². The number of hydrogen-bond acceptors (Lipinski definition) is 4. The molecule has 0 unspecified atom stereocenters. The lowest BCUT2D eigenvalue weighted by atomic mass is 9.96. The zero-order chi connectivity index (χ0) is 18.6. The molecule has 1 saturated heterocycles. The number of hydrogen-bond donors (Lipinski definition) is 0. The van der Waals surface area contributed by atoms with E-state index in [9.17, 15) is 9.59 Å². The summed E-state index contributed by atoms with van der Waals surface area (Å²) in [5.41, 5.74) is 1.84. The van der Waals surface area contributed by atoms with Gasteiger partial charge in [-0.2, -0.15) is 0 Å². The van der Waals surface area contributed by atoms with Gasteiger partial charge in [-0.15, -0.1) is 0 Å². The standard InChI is InChI=1S/C20H29NO4/c1-6-24-18(22)17-12-16(11-15-9-7-14(2)8-10-15)13-21(17)19(23)25-20(3,4)5/h7-10,16-17H,6,11-13H2,1-5H3/t16-,17-/m0/s1. The van der Waals surface area contributed by atoms with Crippen LogP contribution in [0.1, 0.15) is 45.2 Å². The number of esters is 1. The molecule has 0 radical (unpaired) electrons. The van der Waals surface area contributed by atoms with Gasteiger partial charge in [0.15, 0.2) is 0 Å². The lowest BCUT2D eigenvalue weighted by Crippen LogP contribution is -2.44. The number of carbonyl (C=O) groups excluding carboxylic acids is 2. The molecule has 1 fully saturated rings. The smallest absolute Gasteiger partial charge is 0.411 e. The number of rotatable bonds is 4. The minimum absolute atomic E-state index is 0.213. The summed E-state index contributed by atoms with van der Waals surface area (Å²) in [6.45, 7) is 10.1. The summed E-state index contributed by atoms with van der Waals surface area (Å²) in [6.07, 6.45) is 0.985. The number of amides is 1. The van der Waals surface area contributed by atoms with Gasteiger partial charge >= 0.3 is 12.1 Å². The second-order valence-corrected chi connectivity index (χ2v) is 7.69. The molecule has 0 saturated carbocycles. The van der Waals surface area contributed by atoms with Crippen molar-refractivity contribution in [2.24, 2.45) is 5.92 Å². The molecule has 1 aromatic rings. The molecule has 1 amide bonds. The summed E-state index contributed by atoms with van der Waals surface area (Å²) < 4.78 is 10.6. The Morgan fingerprint density at radius 3 is 2.40 bits per heavy atom. The van der Waals surface area contributed by atoms with Gasteiger partial charge in [0.1, 0.15) is 11.6 Å². The van der Waals surface area contributed by atoms with E-state index in [2.05, 4.69) is 31.2 Å². The Hall–Kier alpha value is -2.04. The van der Waals surface area contributed by atoms with Crippen molar-refractivity contribution in [2.75, 3.05) is 13.2 Å². The molecule has 5 nitrogen and oxygen atoms in total. The maximum atomic E-state index is 12.5. The summed E-state index contributed by atoms with van der Waals surface area (Å²) in [4.78, 5) is 26.3.